The van der Waals surface area contributed by atoms with Crippen molar-refractivity contribution in [3.8, 4) is 0 Å². The second-order valence-electron chi connectivity index (χ2n) is 8.11. The lowest BCUT2D eigenvalue weighted by atomic mass is 10.1. The topological polar surface area (TPSA) is 83.4 Å². The SMILES string of the molecule is O=C(NCc1ccc(F)cc1)c1nnc2n1CCN1CCN(C(=O)C3(F)CC3)CC21. The molecule has 10 heteroatoms. The Morgan fingerprint density at radius 1 is 1.10 bits per heavy atom. The first-order valence-corrected chi connectivity index (χ1v) is 10.1. The van der Waals surface area contributed by atoms with Crippen LogP contribution in [0, 0.1) is 5.82 Å². The van der Waals surface area contributed by atoms with E-state index in [0.29, 0.717) is 51.4 Å². The maximum Gasteiger partial charge on any atom is 0.289 e. The van der Waals surface area contributed by atoms with Gasteiger partial charge in [0.1, 0.15) is 5.82 Å². The van der Waals surface area contributed by atoms with E-state index in [2.05, 4.69) is 20.4 Å². The van der Waals surface area contributed by atoms with Crippen molar-refractivity contribution in [1.82, 2.24) is 29.9 Å². The largest absolute Gasteiger partial charge is 0.345 e. The lowest BCUT2D eigenvalue weighted by molar-refractivity contribution is -0.141. The summed E-state index contributed by atoms with van der Waals surface area (Å²) in [7, 11) is 0. The number of halogens is 2. The molecule has 2 aromatic rings. The number of carbonyl (C=O) groups is 2. The molecule has 158 valence electrons. The number of carbonyl (C=O) groups excluding carboxylic acids is 2. The number of piperazine rings is 1. The molecule has 3 heterocycles. The van der Waals surface area contributed by atoms with E-state index in [1.165, 1.54) is 12.1 Å². The number of amides is 2. The van der Waals surface area contributed by atoms with E-state index in [0.717, 1.165) is 5.56 Å². The summed E-state index contributed by atoms with van der Waals surface area (Å²) >= 11 is 0. The van der Waals surface area contributed by atoms with Crippen LogP contribution < -0.4 is 5.32 Å². The number of nitrogens with zero attached hydrogens (tertiary/aromatic N) is 5. The van der Waals surface area contributed by atoms with Crippen molar-refractivity contribution in [2.75, 3.05) is 26.2 Å². The van der Waals surface area contributed by atoms with Crippen LogP contribution >= 0.6 is 0 Å². The Kier molecular flexibility index (Phi) is 4.53. The molecule has 5 rings (SSSR count). The fourth-order valence-electron chi connectivity index (χ4n) is 4.17. The van der Waals surface area contributed by atoms with Gasteiger partial charge in [0.15, 0.2) is 11.5 Å². The highest BCUT2D eigenvalue weighted by atomic mass is 19.1. The number of fused-ring (bicyclic) bond motifs is 3. The zero-order valence-electron chi connectivity index (χ0n) is 16.4. The predicted octanol–water partition coefficient (Wildman–Crippen LogP) is 1.05. The first kappa shape index (κ1) is 19.1. The number of hydrogen-bond acceptors (Lipinski definition) is 5. The Labute approximate surface area is 171 Å². The third-order valence-electron chi connectivity index (χ3n) is 6.11. The maximum absolute atomic E-state index is 14.2. The molecule has 3 aliphatic rings. The van der Waals surface area contributed by atoms with Crippen LogP contribution in [0.25, 0.3) is 0 Å². The molecule has 1 aromatic heterocycles. The molecule has 0 bridgehead atoms. The Balaban J connectivity index is 1.30. The summed E-state index contributed by atoms with van der Waals surface area (Å²) in [4.78, 5) is 28.9. The molecule has 1 unspecified atom stereocenters. The van der Waals surface area contributed by atoms with Crippen molar-refractivity contribution in [2.45, 2.75) is 37.6 Å². The Hall–Kier alpha value is -2.88. The number of rotatable bonds is 4. The highest BCUT2D eigenvalue weighted by Crippen LogP contribution is 2.42. The molecule has 0 radical (unpaired) electrons. The average molecular weight is 416 g/mol. The van der Waals surface area contributed by atoms with Crippen molar-refractivity contribution >= 4 is 11.8 Å². The summed E-state index contributed by atoms with van der Waals surface area (Å²) in [6, 6.07) is 5.70. The zero-order valence-corrected chi connectivity index (χ0v) is 16.4. The molecule has 1 saturated carbocycles. The first-order valence-electron chi connectivity index (χ1n) is 10.1. The number of aromatic nitrogens is 3. The summed E-state index contributed by atoms with van der Waals surface area (Å²) in [6.07, 6.45) is 0.594. The molecule has 8 nitrogen and oxygen atoms in total. The van der Waals surface area contributed by atoms with Gasteiger partial charge >= 0.3 is 0 Å². The number of nitrogens with one attached hydrogen (secondary N) is 1. The van der Waals surface area contributed by atoms with Gasteiger partial charge < -0.3 is 14.8 Å². The minimum Gasteiger partial charge on any atom is -0.345 e. The van der Waals surface area contributed by atoms with E-state index in [1.54, 1.807) is 21.6 Å². The molecular weight excluding hydrogens is 394 g/mol. The van der Waals surface area contributed by atoms with Gasteiger partial charge in [0.25, 0.3) is 11.8 Å². The molecule has 1 N–H and O–H groups in total. The van der Waals surface area contributed by atoms with Gasteiger partial charge in [-0.25, -0.2) is 8.78 Å². The van der Waals surface area contributed by atoms with Crippen molar-refractivity contribution in [3.05, 3.63) is 47.3 Å². The van der Waals surface area contributed by atoms with Crippen LogP contribution in [0.15, 0.2) is 24.3 Å². The van der Waals surface area contributed by atoms with Crippen LogP contribution in [0.1, 0.15) is 40.9 Å². The quantitative estimate of drug-likeness (QED) is 0.806. The summed E-state index contributed by atoms with van der Waals surface area (Å²) < 4.78 is 29.0. The molecule has 1 aliphatic carbocycles. The van der Waals surface area contributed by atoms with Crippen LogP contribution in [0.4, 0.5) is 8.78 Å². The monoisotopic (exact) mass is 416 g/mol. The Morgan fingerprint density at radius 3 is 2.57 bits per heavy atom. The number of hydrogen-bond donors (Lipinski definition) is 1. The van der Waals surface area contributed by atoms with E-state index >= 15 is 0 Å². The van der Waals surface area contributed by atoms with E-state index in [-0.39, 0.29) is 30.1 Å². The van der Waals surface area contributed by atoms with Crippen LogP contribution in [0.5, 0.6) is 0 Å². The molecule has 30 heavy (non-hydrogen) atoms. The fraction of sp³-hybridized carbons (Fsp3) is 0.500. The maximum atomic E-state index is 14.2. The van der Waals surface area contributed by atoms with E-state index in [4.69, 9.17) is 0 Å². The van der Waals surface area contributed by atoms with E-state index < -0.39 is 11.6 Å². The Bertz CT molecular complexity index is 988. The van der Waals surface area contributed by atoms with Gasteiger partial charge in [-0.15, -0.1) is 10.2 Å². The second kappa shape index (κ2) is 7.12. The van der Waals surface area contributed by atoms with Gasteiger partial charge in [0.05, 0.1) is 6.04 Å². The smallest absolute Gasteiger partial charge is 0.289 e. The highest BCUT2D eigenvalue weighted by Gasteiger charge is 2.54. The summed E-state index contributed by atoms with van der Waals surface area (Å²) in [6.45, 7) is 3.01. The standard InChI is InChI=1S/C20H22F2N6O2/c21-14-3-1-13(2-4-14)11-23-18(29)17-25-24-16-15-12-27(19(30)20(22)5-6-20)8-7-26(15)9-10-28(16)17/h1-4,15H,5-12H2,(H,23,29). The highest BCUT2D eigenvalue weighted by molar-refractivity contribution is 5.90. The molecule has 2 aliphatic heterocycles. The molecule has 2 fully saturated rings. The first-order chi connectivity index (χ1) is 14.4. The van der Waals surface area contributed by atoms with Crippen molar-refractivity contribution in [3.63, 3.8) is 0 Å². The summed E-state index contributed by atoms with van der Waals surface area (Å²) in [5.41, 5.74) is -0.911. The minimum atomic E-state index is -1.68. The summed E-state index contributed by atoms with van der Waals surface area (Å²) in [5.74, 6) is -0.303. The van der Waals surface area contributed by atoms with Gasteiger partial charge in [-0.1, -0.05) is 12.1 Å². The molecule has 0 spiro atoms. The third kappa shape index (κ3) is 3.34. The molecule has 1 aromatic carbocycles. The lowest BCUT2D eigenvalue weighted by Crippen LogP contribution is -2.55. The van der Waals surface area contributed by atoms with Crippen molar-refractivity contribution < 1.29 is 18.4 Å². The normalized spacial score (nSPS) is 22.2. The van der Waals surface area contributed by atoms with Gasteiger partial charge in [0.2, 0.25) is 5.82 Å². The second-order valence-corrected chi connectivity index (χ2v) is 8.11. The van der Waals surface area contributed by atoms with Crippen molar-refractivity contribution in [1.29, 1.82) is 0 Å². The predicted molar refractivity (Wildman–Crippen MR) is 102 cm³/mol. The lowest BCUT2D eigenvalue weighted by Gasteiger charge is -2.43. The number of alkyl halides is 1. The van der Waals surface area contributed by atoms with Gasteiger partial charge in [-0.05, 0) is 30.5 Å². The van der Waals surface area contributed by atoms with Gasteiger partial charge in [0, 0.05) is 39.3 Å². The van der Waals surface area contributed by atoms with Crippen LogP contribution in [0.3, 0.4) is 0 Å². The molecule has 1 atom stereocenters. The molecular formula is C20H22F2N6O2. The summed E-state index contributed by atoms with van der Waals surface area (Å²) in [5, 5.41) is 11.1. The van der Waals surface area contributed by atoms with Gasteiger partial charge in [-0.3, -0.25) is 14.5 Å². The number of benzene rings is 1. The average Bonchev–Trinajstić information content (AvgIpc) is 3.36. The molecule has 1 saturated heterocycles. The fourth-order valence-corrected chi connectivity index (χ4v) is 4.17. The van der Waals surface area contributed by atoms with Gasteiger partial charge in [-0.2, -0.15) is 0 Å². The van der Waals surface area contributed by atoms with E-state index in [1.807, 2.05) is 0 Å². The molecule has 2 amide bonds. The minimum absolute atomic E-state index is 0.204. The van der Waals surface area contributed by atoms with E-state index in [9.17, 15) is 18.4 Å². The zero-order chi connectivity index (χ0) is 20.9. The Morgan fingerprint density at radius 2 is 1.83 bits per heavy atom. The van der Waals surface area contributed by atoms with Crippen LogP contribution in [0.2, 0.25) is 0 Å². The van der Waals surface area contributed by atoms with Crippen LogP contribution in [-0.2, 0) is 17.9 Å². The van der Waals surface area contributed by atoms with Crippen LogP contribution in [-0.4, -0.2) is 68.2 Å². The third-order valence-corrected chi connectivity index (χ3v) is 6.11. The van der Waals surface area contributed by atoms with Crippen molar-refractivity contribution in [2.24, 2.45) is 0 Å².